The van der Waals surface area contributed by atoms with Crippen LogP contribution in [0.3, 0.4) is 0 Å². The van der Waals surface area contributed by atoms with E-state index in [1.54, 1.807) is 12.3 Å². The third kappa shape index (κ3) is 3.81. The second-order valence-electron chi connectivity index (χ2n) is 4.86. The topological polar surface area (TPSA) is 53.4 Å². The van der Waals surface area contributed by atoms with Gasteiger partial charge in [0.25, 0.3) is 0 Å². The van der Waals surface area contributed by atoms with E-state index in [-0.39, 0.29) is 5.69 Å². The van der Waals surface area contributed by atoms with Gasteiger partial charge in [0.2, 0.25) is 0 Å². The maximum absolute atomic E-state index is 10.7. The van der Waals surface area contributed by atoms with Crippen LogP contribution in [0.4, 0.5) is 0 Å². The van der Waals surface area contributed by atoms with Crippen molar-refractivity contribution in [1.29, 1.82) is 0 Å². The number of aromatic nitrogens is 1. The molecule has 4 nitrogen and oxygen atoms in total. The van der Waals surface area contributed by atoms with Crippen LogP contribution in [-0.2, 0) is 6.42 Å². The van der Waals surface area contributed by atoms with E-state index < -0.39 is 5.97 Å². The average molecular weight is 248 g/mol. The van der Waals surface area contributed by atoms with Gasteiger partial charge in [-0.15, -0.1) is 0 Å². The highest BCUT2D eigenvalue weighted by molar-refractivity contribution is 5.85. The van der Waals surface area contributed by atoms with E-state index in [2.05, 4.69) is 9.88 Å². The Balaban J connectivity index is 1.83. The van der Waals surface area contributed by atoms with Crippen LogP contribution in [0.2, 0.25) is 0 Å². The Bertz CT molecular complexity index is 381. The molecule has 98 valence electrons. The predicted octanol–water partition coefficient (Wildman–Crippen LogP) is 2.20. The molecular weight excluding hydrogens is 228 g/mol. The third-order valence-electron chi connectivity index (χ3n) is 3.46. The molecule has 1 fully saturated rings. The summed E-state index contributed by atoms with van der Waals surface area (Å²) in [6.07, 6.45) is 7.94. The maximum Gasteiger partial charge on any atom is 0.354 e. The normalized spacial score (nSPS) is 17.3. The van der Waals surface area contributed by atoms with E-state index in [0.29, 0.717) is 0 Å². The van der Waals surface area contributed by atoms with Crippen LogP contribution in [0.15, 0.2) is 18.3 Å². The molecule has 0 unspecified atom stereocenters. The number of aromatic carboxylic acids is 1. The highest BCUT2D eigenvalue weighted by Gasteiger charge is 2.09. The molecule has 1 N–H and O–H groups in total. The molecule has 1 aliphatic heterocycles. The van der Waals surface area contributed by atoms with Gasteiger partial charge >= 0.3 is 5.97 Å². The molecule has 1 aliphatic rings. The number of carbonyl (C=O) groups is 1. The van der Waals surface area contributed by atoms with Crippen LogP contribution in [0.5, 0.6) is 0 Å². The Morgan fingerprint density at radius 3 is 2.50 bits per heavy atom. The predicted molar refractivity (Wildman–Crippen MR) is 69.8 cm³/mol. The molecule has 18 heavy (non-hydrogen) atoms. The fraction of sp³-hybridized carbons (Fsp3) is 0.571. The SMILES string of the molecule is O=C(O)c1ccc(CCN2CCCCCC2)cn1. The number of nitrogens with zero attached hydrogens (tertiary/aromatic N) is 2. The Hall–Kier alpha value is -1.42. The smallest absolute Gasteiger partial charge is 0.354 e. The first-order valence-corrected chi connectivity index (χ1v) is 6.66. The molecule has 2 rings (SSSR count). The molecule has 1 aromatic heterocycles. The van der Waals surface area contributed by atoms with Gasteiger partial charge in [-0.3, -0.25) is 0 Å². The van der Waals surface area contributed by atoms with Gasteiger partial charge in [-0.1, -0.05) is 18.9 Å². The lowest BCUT2D eigenvalue weighted by molar-refractivity contribution is 0.0690. The molecule has 1 saturated heterocycles. The van der Waals surface area contributed by atoms with Gasteiger partial charge in [-0.2, -0.15) is 0 Å². The van der Waals surface area contributed by atoms with Crippen molar-refractivity contribution in [3.63, 3.8) is 0 Å². The Morgan fingerprint density at radius 2 is 1.94 bits per heavy atom. The Labute approximate surface area is 108 Å². The molecule has 0 bridgehead atoms. The molecule has 0 aromatic carbocycles. The molecule has 1 aromatic rings. The lowest BCUT2D eigenvalue weighted by Crippen LogP contribution is -2.27. The van der Waals surface area contributed by atoms with E-state index in [9.17, 15) is 4.79 Å². The number of carboxylic acid groups (broad SMARTS) is 1. The summed E-state index contributed by atoms with van der Waals surface area (Å²) in [5.74, 6) is -0.964. The van der Waals surface area contributed by atoms with Crippen LogP contribution in [0.25, 0.3) is 0 Å². The Kier molecular flexibility index (Phi) is 4.70. The van der Waals surface area contributed by atoms with Crippen molar-refractivity contribution in [3.05, 3.63) is 29.6 Å². The zero-order valence-corrected chi connectivity index (χ0v) is 10.6. The van der Waals surface area contributed by atoms with Crippen LogP contribution in [0.1, 0.15) is 41.7 Å². The first-order valence-electron chi connectivity index (χ1n) is 6.66. The van der Waals surface area contributed by atoms with E-state index in [1.807, 2.05) is 6.07 Å². The lowest BCUT2D eigenvalue weighted by Gasteiger charge is -2.19. The molecule has 4 heteroatoms. The molecule has 0 spiro atoms. The summed E-state index contributed by atoms with van der Waals surface area (Å²) in [6.45, 7) is 3.44. The van der Waals surface area contributed by atoms with Crippen molar-refractivity contribution in [2.24, 2.45) is 0 Å². The van der Waals surface area contributed by atoms with Gasteiger partial charge in [0, 0.05) is 12.7 Å². The van der Waals surface area contributed by atoms with Gasteiger partial charge < -0.3 is 10.0 Å². The van der Waals surface area contributed by atoms with Crippen LogP contribution in [0, 0.1) is 0 Å². The van der Waals surface area contributed by atoms with Gasteiger partial charge in [-0.05, 0) is 44.0 Å². The highest BCUT2D eigenvalue weighted by Crippen LogP contribution is 2.10. The van der Waals surface area contributed by atoms with Gasteiger partial charge in [0.15, 0.2) is 0 Å². The summed E-state index contributed by atoms with van der Waals surface area (Å²) in [5, 5.41) is 8.77. The molecule has 0 saturated carbocycles. The monoisotopic (exact) mass is 248 g/mol. The van der Waals surface area contributed by atoms with Gasteiger partial charge in [0.1, 0.15) is 5.69 Å². The van der Waals surface area contributed by atoms with Crippen molar-refractivity contribution >= 4 is 5.97 Å². The quantitative estimate of drug-likeness (QED) is 0.887. The van der Waals surface area contributed by atoms with Crippen molar-refractivity contribution in [2.45, 2.75) is 32.1 Å². The summed E-state index contributed by atoms with van der Waals surface area (Å²) in [7, 11) is 0. The first-order chi connectivity index (χ1) is 8.75. The maximum atomic E-state index is 10.7. The van der Waals surface area contributed by atoms with Gasteiger partial charge in [0.05, 0.1) is 0 Å². The van der Waals surface area contributed by atoms with E-state index in [4.69, 9.17) is 5.11 Å². The second kappa shape index (κ2) is 6.50. The van der Waals surface area contributed by atoms with Crippen molar-refractivity contribution < 1.29 is 9.90 Å². The minimum absolute atomic E-state index is 0.119. The summed E-state index contributed by atoms with van der Waals surface area (Å²) < 4.78 is 0. The largest absolute Gasteiger partial charge is 0.477 e. The van der Waals surface area contributed by atoms with Gasteiger partial charge in [-0.25, -0.2) is 9.78 Å². The van der Waals surface area contributed by atoms with E-state index >= 15 is 0 Å². The number of hydrogen-bond donors (Lipinski definition) is 1. The zero-order chi connectivity index (χ0) is 12.8. The van der Waals surface area contributed by atoms with Crippen LogP contribution < -0.4 is 0 Å². The number of hydrogen-bond acceptors (Lipinski definition) is 3. The minimum Gasteiger partial charge on any atom is -0.477 e. The molecule has 0 radical (unpaired) electrons. The number of carboxylic acids is 1. The summed E-state index contributed by atoms with van der Waals surface area (Å²) in [6, 6.07) is 3.45. The molecule has 0 amide bonds. The standard InChI is InChI=1S/C14H20N2O2/c17-14(18)13-6-5-12(11-15-13)7-10-16-8-3-1-2-4-9-16/h5-6,11H,1-4,7-10H2,(H,17,18). The minimum atomic E-state index is -0.964. The number of likely N-dealkylation sites (tertiary alicyclic amines) is 1. The van der Waals surface area contributed by atoms with Crippen molar-refractivity contribution in [2.75, 3.05) is 19.6 Å². The van der Waals surface area contributed by atoms with E-state index in [1.165, 1.54) is 38.8 Å². The van der Waals surface area contributed by atoms with Crippen molar-refractivity contribution in [3.8, 4) is 0 Å². The van der Waals surface area contributed by atoms with E-state index in [0.717, 1.165) is 18.5 Å². The molecule has 0 aliphatic carbocycles. The number of pyridine rings is 1. The summed E-state index contributed by atoms with van der Waals surface area (Å²) in [5.41, 5.74) is 1.23. The van der Waals surface area contributed by atoms with Crippen LogP contribution >= 0.6 is 0 Å². The fourth-order valence-corrected chi connectivity index (χ4v) is 2.35. The second-order valence-corrected chi connectivity index (χ2v) is 4.86. The first kappa shape index (κ1) is 13.0. The fourth-order valence-electron chi connectivity index (χ4n) is 2.35. The zero-order valence-electron chi connectivity index (χ0n) is 10.6. The Morgan fingerprint density at radius 1 is 1.22 bits per heavy atom. The van der Waals surface area contributed by atoms with Crippen LogP contribution in [-0.4, -0.2) is 40.6 Å². The van der Waals surface area contributed by atoms with Crippen molar-refractivity contribution in [1.82, 2.24) is 9.88 Å². The third-order valence-corrected chi connectivity index (χ3v) is 3.46. The molecule has 0 atom stereocenters. The highest BCUT2D eigenvalue weighted by atomic mass is 16.4. The molecular formula is C14H20N2O2. The average Bonchev–Trinajstić information content (AvgIpc) is 2.65. The lowest BCUT2D eigenvalue weighted by atomic mass is 10.2. The number of rotatable bonds is 4. The summed E-state index contributed by atoms with van der Waals surface area (Å²) in [4.78, 5) is 17.1. The summed E-state index contributed by atoms with van der Waals surface area (Å²) >= 11 is 0. The molecule has 2 heterocycles.